The Morgan fingerprint density at radius 3 is 1.97 bits per heavy atom. The number of amides is 1. The molecular formula is C19H25NO10. The molecule has 11 nitrogen and oxygen atoms in total. The Bertz CT molecular complexity index is 713. The van der Waals surface area contributed by atoms with E-state index in [1.54, 1.807) is 0 Å². The van der Waals surface area contributed by atoms with Crippen LogP contribution in [0.1, 0.15) is 40.5 Å². The molecule has 5 atom stereocenters. The zero-order valence-electron chi connectivity index (χ0n) is 17.2. The number of esters is 4. The second-order valence-corrected chi connectivity index (χ2v) is 6.40. The van der Waals surface area contributed by atoms with Gasteiger partial charge in [0, 0.05) is 40.5 Å². The first-order chi connectivity index (χ1) is 14.0. The Morgan fingerprint density at radius 2 is 1.47 bits per heavy atom. The summed E-state index contributed by atoms with van der Waals surface area (Å²) in [6.07, 6.45) is 0.0964. The van der Waals surface area contributed by atoms with Crippen LogP contribution in [0.5, 0.6) is 0 Å². The van der Waals surface area contributed by atoms with E-state index in [0.717, 1.165) is 27.7 Å². The van der Waals surface area contributed by atoms with E-state index in [0.29, 0.717) is 0 Å². The van der Waals surface area contributed by atoms with E-state index in [2.05, 4.69) is 11.2 Å². The largest absolute Gasteiger partial charge is 0.463 e. The number of hydrogen-bond acceptors (Lipinski definition) is 10. The van der Waals surface area contributed by atoms with E-state index in [1.165, 1.54) is 0 Å². The van der Waals surface area contributed by atoms with Crippen LogP contribution < -0.4 is 5.32 Å². The molecule has 0 spiro atoms. The van der Waals surface area contributed by atoms with Crippen molar-refractivity contribution >= 4 is 29.8 Å². The second-order valence-electron chi connectivity index (χ2n) is 6.40. The van der Waals surface area contributed by atoms with E-state index < -0.39 is 60.4 Å². The van der Waals surface area contributed by atoms with Crippen LogP contribution in [0.3, 0.4) is 0 Å². The van der Waals surface area contributed by atoms with Crippen molar-refractivity contribution in [2.45, 2.75) is 71.2 Å². The molecule has 1 aliphatic heterocycles. The van der Waals surface area contributed by atoms with Crippen molar-refractivity contribution in [2.75, 3.05) is 6.61 Å². The Kier molecular flexibility index (Phi) is 9.77. The van der Waals surface area contributed by atoms with Gasteiger partial charge in [0.25, 0.3) is 0 Å². The molecule has 166 valence electrons. The van der Waals surface area contributed by atoms with Crippen molar-refractivity contribution in [3.63, 3.8) is 0 Å². The highest BCUT2D eigenvalue weighted by molar-refractivity contribution is 5.77. The van der Waals surface area contributed by atoms with Gasteiger partial charge in [-0.25, -0.2) is 0 Å². The van der Waals surface area contributed by atoms with Crippen molar-refractivity contribution in [3.05, 3.63) is 0 Å². The molecule has 1 unspecified atom stereocenters. The van der Waals surface area contributed by atoms with E-state index >= 15 is 0 Å². The fraction of sp³-hybridized carbons (Fsp3) is 0.632. The first kappa shape index (κ1) is 24.9. The summed E-state index contributed by atoms with van der Waals surface area (Å²) in [4.78, 5) is 58.4. The van der Waals surface area contributed by atoms with Gasteiger partial charge in [0.1, 0.15) is 18.8 Å². The molecule has 1 fully saturated rings. The van der Waals surface area contributed by atoms with Gasteiger partial charge in [-0.2, -0.15) is 0 Å². The van der Waals surface area contributed by atoms with Gasteiger partial charge in [-0.3, -0.25) is 24.0 Å². The van der Waals surface area contributed by atoms with Crippen LogP contribution in [0.2, 0.25) is 0 Å². The minimum Gasteiger partial charge on any atom is -0.463 e. The third-order valence-corrected chi connectivity index (χ3v) is 3.81. The molecule has 0 radical (unpaired) electrons. The monoisotopic (exact) mass is 427 g/mol. The van der Waals surface area contributed by atoms with Gasteiger partial charge in [0.2, 0.25) is 12.2 Å². The van der Waals surface area contributed by atoms with Crippen molar-refractivity contribution in [3.8, 4) is 12.3 Å². The lowest BCUT2D eigenvalue weighted by molar-refractivity contribution is -0.271. The predicted octanol–water partition coefficient (Wildman–Crippen LogP) is -0.401. The Morgan fingerprint density at radius 1 is 0.900 bits per heavy atom. The van der Waals surface area contributed by atoms with Crippen LogP contribution in [-0.4, -0.2) is 67.0 Å². The number of nitrogens with one attached hydrogen (secondary N) is 1. The van der Waals surface area contributed by atoms with Crippen molar-refractivity contribution in [2.24, 2.45) is 0 Å². The summed E-state index contributed by atoms with van der Waals surface area (Å²) >= 11 is 0. The third-order valence-electron chi connectivity index (χ3n) is 3.81. The summed E-state index contributed by atoms with van der Waals surface area (Å²) in [6.45, 7) is 4.11. The quantitative estimate of drug-likeness (QED) is 0.309. The molecule has 0 aromatic carbocycles. The van der Waals surface area contributed by atoms with Gasteiger partial charge in [0.05, 0.1) is 0 Å². The molecule has 0 bridgehead atoms. The molecule has 1 amide bonds. The molecule has 11 heteroatoms. The first-order valence-corrected chi connectivity index (χ1v) is 9.08. The minimum absolute atomic E-state index is 0.0539. The van der Waals surface area contributed by atoms with Crippen molar-refractivity contribution in [1.29, 1.82) is 0 Å². The Hall–Kier alpha value is -3.13. The number of carbonyl (C=O) groups excluding carboxylic acids is 5. The number of terminal acetylenes is 1. The molecule has 30 heavy (non-hydrogen) atoms. The van der Waals surface area contributed by atoms with Crippen molar-refractivity contribution in [1.82, 2.24) is 5.32 Å². The lowest BCUT2D eigenvalue weighted by atomic mass is 9.96. The summed E-state index contributed by atoms with van der Waals surface area (Å²) < 4.78 is 26.2. The van der Waals surface area contributed by atoms with Crippen LogP contribution in [0.15, 0.2) is 0 Å². The SMILES string of the molecule is C#CCCC(=O)N[C@H]1C(OC(C)=O)O[C@H](COC(C)=O)[C@@H](OC(C)=O)[C@@H]1OC(C)=O. The molecule has 1 aliphatic rings. The molecule has 1 N–H and O–H groups in total. The zero-order chi connectivity index (χ0) is 22.8. The van der Waals surface area contributed by atoms with E-state index in [1.807, 2.05) is 0 Å². The standard InChI is InChI=1S/C19H25NO10/c1-6-7-8-15(25)20-16-18(28-12(4)23)17(27-11(3)22)14(9-26-10(2)21)30-19(16)29-13(5)24/h1,14,16-19H,7-9H2,2-5H3,(H,20,25)/t14-,16-,17-,18-,19?/m1/s1. The maximum atomic E-state index is 12.2. The number of carbonyl (C=O) groups is 5. The molecule has 0 aromatic rings. The average Bonchev–Trinajstić information content (AvgIpc) is 2.62. The van der Waals surface area contributed by atoms with Gasteiger partial charge < -0.3 is 29.0 Å². The minimum atomic E-state index is -1.42. The third kappa shape index (κ3) is 8.08. The highest BCUT2D eigenvalue weighted by Crippen LogP contribution is 2.28. The highest BCUT2D eigenvalue weighted by atomic mass is 16.7. The normalized spacial score (nSPS) is 25.2. The zero-order valence-corrected chi connectivity index (χ0v) is 17.2. The molecule has 0 saturated carbocycles. The smallest absolute Gasteiger partial charge is 0.305 e. The van der Waals surface area contributed by atoms with E-state index in [9.17, 15) is 24.0 Å². The van der Waals surface area contributed by atoms with Gasteiger partial charge in [-0.1, -0.05) is 0 Å². The Labute approximate surface area is 173 Å². The maximum absolute atomic E-state index is 12.2. The number of rotatable bonds is 8. The fourth-order valence-corrected chi connectivity index (χ4v) is 2.76. The van der Waals surface area contributed by atoms with E-state index in [4.69, 9.17) is 30.1 Å². The molecular weight excluding hydrogens is 402 g/mol. The molecule has 0 aliphatic carbocycles. The highest BCUT2D eigenvalue weighted by Gasteiger charge is 2.52. The van der Waals surface area contributed by atoms with Crippen LogP contribution in [-0.2, 0) is 47.7 Å². The second kappa shape index (κ2) is 11.8. The summed E-state index contributed by atoms with van der Waals surface area (Å²) in [5, 5.41) is 2.54. The molecule has 1 saturated heterocycles. The Balaban J connectivity index is 3.30. The van der Waals surface area contributed by atoms with Crippen LogP contribution in [0.25, 0.3) is 0 Å². The topological polar surface area (TPSA) is 144 Å². The van der Waals surface area contributed by atoms with Gasteiger partial charge in [0.15, 0.2) is 12.2 Å². The lowest BCUT2D eigenvalue weighted by Gasteiger charge is -2.44. The molecule has 0 aromatic heterocycles. The van der Waals surface area contributed by atoms with Crippen LogP contribution in [0.4, 0.5) is 0 Å². The number of ether oxygens (including phenoxy) is 5. The van der Waals surface area contributed by atoms with Gasteiger partial charge >= 0.3 is 23.9 Å². The van der Waals surface area contributed by atoms with Crippen LogP contribution in [0, 0.1) is 12.3 Å². The van der Waals surface area contributed by atoms with E-state index in [-0.39, 0.29) is 19.4 Å². The summed E-state index contributed by atoms with van der Waals surface area (Å²) in [5.41, 5.74) is 0. The predicted molar refractivity (Wildman–Crippen MR) is 98.2 cm³/mol. The average molecular weight is 427 g/mol. The van der Waals surface area contributed by atoms with Gasteiger partial charge in [-0.15, -0.1) is 12.3 Å². The first-order valence-electron chi connectivity index (χ1n) is 9.08. The maximum Gasteiger partial charge on any atom is 0.305 e. The summed E-state index contributed by atoms with van der Waals surface area (Å²) in [7, 11) is 0. The molecule has 1 heterocycles. The number of hydrogen-bond donors (Lipinski definition) is 1. The summed E-state index contributed by atoms with van der Waals surface area (Å²) in [6, 6.07) is -1.22. The lowest BCUT2D eigenvalue weighted by Crippen LogP contribution is -2.67. The van der Waals surface area contributed by atoms with Gasteiger partial charge in [-0.05, 0) is 0 Å². The molecule has 1 rings (SSSR count). The fourth-order valence-electron chi connectivity index (χ4n) is 2.76. The van der Waals surface area contributed by atoms with Crippen LogP contribution >= 0.6 is 0 Å². The van der Waals surface area contributed by atoms with Crippen molar-refractivity contribution < 1.29 is 47.7 Å². The summed E-state index contributed by atoms with van der Waals surface area (Å²) in [5.74, 6) is -1.10.